The van der Waals surface area contributed by atoms with Gasteiger partial charge in [-0.3, -0.25) is 4.79 Å². The summed E-state index contributed by atoms with van der Waals surface area (Å²) in [5, 5.41) is 16.9. The van der Waals surface area contributed by atoms with Crippen LogP contribution in [-0.4, -0.2) is 41.0 Å². The second-order valence-electron chi connectivity index (χ2n) is 8.59. The maximum absolute atomic E-state index is 13.0. The van der Waals surface area contributed by atoms with E-state index >= 15 is 0 Å². The quantitative estimate of drug-likeness (QED) is 0.570. The highest BCUT2D eigenvalue weighted by Crippen LogP contribution is 2.25. The Morgan fingerprint density at radius 1 is 1.03 bits per heavy atom. The van der Waals surface area contributed by atoms with E-state index in [1.165, 1.54) is 0 Å². The van der Waals surface area contributed by atoms with Crippen LogP contribution in [0, 0.1) is 0 Å². The summed E-state index contributed by atoms with van der Waals surface area (Å²) < 4.78 is 44.0. The Hall–Kier alpha value is -2.81. The van der Waals surface area contributed by atoms with Crippen LogP contribution in [0.2, 0.25) is 0 Å². The molecular formula is C23H29F3N2O4. The third-order valence-electron chi connectivity index (χ3n) is 4.70. The van der Waals surface area contributed by atoms with E-state index in [0.717, 1.165) is 16.3 Å². The zero-order valence-electron chi connectivity index (χ0n) is 18.5. The highest BCUT2D eigenvalue weighted by Gasteiger charge is 2.39. The smallest absolute Gasteiger partial charge is 0.407 e. The van der Waals surface area contributed by atoms with Gasteiger partial charge in [-0.15, -0.1) is 0 Å². The van der Waals surface area contributed by atoms with Crippen LogP contribution in [0.1, 0.15) is 52.1 Å². The second kappa shape index (κ2) is 10.2. The lowest BCUT2D eigenvalue weighted by atomic mass is 9.99. The van der Waals surface area contributed by atoms with Crippen LogP contribution >= 0.6 is 0 Å². The van der Waals surface area contributed by atoms with Gasteiger partial charge < -0.3 is 20.5 Å². The number of halogens is 3. The summed E-state index contributed by atoms with van der Waals surface area (Å²) in [6, 6.07) is 10.8. The van der Waals surface area contributed by atoms with Crippen molar-refractivity contribution >= 4 is 22.8 Å². The summed E-state index contributed by atoms with van der Waals surface area (Å²) in [6.45, 7) is 6.44. The first kappa shape index (κ1) is 25.5. The normalized spacial score (nSPS) is 15.0. The molecule has 3 atom stereocenters. The lowest BCUT2D eigenvalue weighted by Crippen LogP contribution is -2.53. The topological polar surface area (TPSA) is 87.7 Å². The number of carbonyl (C=O) groups excluding carboxylic acids is 2. The third kappa shape index (κ3) is 7.71. The summed E-state index contributed by atoms with van der Waals surface area (Å²) in [4.78, 5) is 24.6. The molecule has 0 bridgehead atoms. The van der Waals surface area contributed by atoms with Gasteiger partial charge in [0.1, 0.15) is 5.60 Å². The van der Waals surface area contributed by atoms with E-state index in [2.05, 4.69) is 5.32 Å². The number of alkyl halides is 3. The molecule has 0 radical (unpaired) electrons. The van der Waals surface area contributed by atoms with E-state index < -0.39 is 48.4 Å². The molecule has 2 rings (SSSR count). The number of benzene rings is 2. The first-order valence-electron chi connectivity index (χ1n) is 10.3. The minimum absolute atomic E-state index is 0.445. The summed E-state index contributed by atoms with van der Waals surface area (Å²) >= 11 is 0. The first-order valence-corrected chi connectivity index (χ1v) is 10.3. The predicted molar refractivity (Wildman–Crippen MR) is 115 cm³/mol. The number of fused-ring (bicyclic) bond motifs is 1. The van der Waals surface area contributed by atoms with Gasteiger partial charge in [-0.05, 0) is 49.6 Å². The van der Waals surface area contributed by atoms with E-state index in [9.17, 15) is 27.9 Å². The fraction of sp³-hybridized carbons (Fsp3) is 0.478. The molecule has 32 heavy (non-hydrogen) atoms. The molecule has 3 N–H and O–H groups in total. The standard InChI is InChI=1S/C23H29F3N2O4/c1-5-17(16-11-10-14-8-6-7-9-15(14)12-16)27-20(30)19(29)18(13-23(24,25)26)28-21(31)32-22(2,3)4/h6-12,17-19,29H,5,13H2,1-4H3,(H,27,30)(H,28,31)/t17-,18?,19?/m0/s1. The van der Waals surface area contributed by atoms with Crippen LogP contribution in [0.5, 0.6) is 0 Å². The van der Waals surface area contributed by atoms with Crippen LogP contribution in [0.4, 0.5) is 18.0 Å². The first-order chi connectivity index (χ1) is 14.8. The monoisotopic (exact) mass is 454 g/mol. The van der Waals surface area contributed by atoms with Crippen LogP contribution in [0.3, 0.4) is 0 Å². The molecule has 2 amide bonds. The molecule has 0 saturated carbocycles. The number of ether oxygens (including phenoxy) is 1. The van der Waals surface area contributed by atoms with Gasteiger partial charge in [-0.2, -0.15) is 13.2 Å². The summed E-state index contributed by atoms with van der Waals surface area (Å²) in [5.41, 5.74) is -0.206. The van der Waals surface area contributed by atoms with Crippen molar-refractivity contribution in [3.63, 3.8) is 0 Å². The number of rotatable bonds is 7. The largest absolute Gasteiger partial charge is 0.444 e. The Labute approximate surface area is 185 Å². The lowest BCUT2D eigenvalue weighted by Gasteiger charge is -2.28. The molecule has 176 valence electrons. The van der Waals surface area contributed by atoms with E-state index in [-0.39, 0.29) is 0 Å². The van der Waals surface area contributed by atoms with Crippen molar-refractivity contribution in [2.24, 2.45) is 0 Å². The van der Waals surface area contributed by atoms with E-state index in [0.29, 0.717) is 6.42 Å². The van der Waals surface area contributed by atoms with Crippen LogP contribution < -0.4 is 10.6 Å². The summed E-state index contributed by atoms with van der Waals surface area (Å²) in [5.74, 6) is -1.02. The number of aliphatic hydroxyl groups excluding tert-OH is 1. The SMILES string of the molecule is CC[C@H](NC(=O)C(O)C(CC(F)(F)F)NC(=O)OC(C)(C)C)c1ccc2ccccc2c1. The molecule has 0 aromatic heterocycles. The van der Waals surface area contributed by atoms with E-state index in [1.807, 2.05) is 47.8 Å². The van der Waals surface area contributed by atoms with Crippen molar-refractivity contribution in [2.75, 3.05) is 0 Å². The molecule has 0 aliphatic rings. The molecule has 2 aromatic carbocycles. The van der Waals surface area contributed by atoms with Crippen LogP contribution in [0.15, 0.2) is 42.5 Å². The second-order valence-corrected chi connectivity index (χ2v) is 8.59. The maximum Gasteiger partial charge on any atom is 0.407 e. The molecule has 2 aromatic rings. The zero-order chi connectivity index (χ0) is 24.1. The van der Waals surface area contributed by atoms with Gasteiger partial charge in [0.05, 0.1) is 18.5 Å². The highest BCUT2D eigenvalue weighted by molar-refractivity contribution is 5.84. The molecule has 0 aliphatic heterocycles. The Kier molecular flexibility index (Phi) is 8.12. The fourth-order valence-electron chi connectivity index (χ4n) is 3.24. The fourth-order valence-corrected chi connectivity index (χ4v) is 3.24. The van der Waals surface area contributed by atoms with Gasteiger partial charge >= 0.3 is 12.3 Å². The molecular weight excluding hydrogens is 425 g/mol. The minimum atomic E-state index is -4.72. The predicted octanol–water partition coefficient (Wildman–Crippen LogP) is 4.61. The lowest BCUT2D eigenvalue weighted by molar-refractivity contribution is -0.151. The van der Waals surface area contributed by atoms with Gasteiger partial charge in [0, 0.05) is 0 Å². The molecule has 2 unspecified atom stereocenters. The highest BCUT2D eigenvalue weighted by atomic mass is 19.4. The summed E-state index contributed by atoms with van der Waals surface area (Å²) in [7, 11) is 0. The van der Waals surface area contributed by atoms with Crippen molar-refractivity contribution in [3.8, 4) is 0 Å². The van der Waals surface area contributed by atoms with Gasteiger partial charge in [0.15, 0.2) is 6.10 Å². The molecule has 0 aliphatic carbocycles. The average Bonchev–Trinajstić information content (AvgIpc) is 2.68. The van der Waals surface area contributed by atoms with Crippen molar-refractivity contribution in [1.82, 2.24) is 10.6 Å². The number of hydrogen-bond donors (Lipinski definition) is 3. The number of carbonyl (C=O) groups is 2. The Balaban J connectivity index is 2.17. The minimum Gasteiger partial charge on any atom is -0.444 e. The van der Waals surface area contributed by atoms with Gasteiger partial charge in [0.2, 0.25) is 0 Å². The zero-order valence-corrected chi connectivity index (χ0v) is 18.5. The van der Waals surface area contributed by atoms with E-state index in [1.54, 1.807) is 27.7 Å². The van der Waals surface area contributed by atoms with Gasteiger partial charge in [-0.25, -0.2) is 4.79 Å². The van der Waals surface area contributed by atoms with Gasteiger partial charge in [-0.1, -0.05) is 43.3 Å². The maximum atomic E-state index is 13.0. The number of alkyl carbamates (subject to hydrolysis) is 1. The number of nitrogens with one attached hydrogen (secondary N) is 2. The molecule has 0 fully saturated rings. The Morgan fingerprint density at radius 3 is 2.22 bits per heavy atom. The molecule has 9 heteroatoms. The molecule has 6 nitrogen and oxygen atoms in total. The van der Waals surface area contributed by atoms with Crippen LogP contribution in [0.25, 0.3) is 10.8 Å². The van der Waals surface area contributed by atoms with Crippen molar-refractivity contribution in [3.05, 3.63) is 48.0 Å². The Bertz CT molecular complexity index is 941. The average molecular weight is 454 g/mol. The van der Waals surface area contributed by atoms with Crippen molar-refractivity contribution < 1.29 is 32.6 Å². The van der Waals surface area contributed by atoms with Gasteiger partial charge in [0.25, 0.3) is 5.91 Å². The number of aliphatic hydroxyl groups is 1. The van der Waals surface area contributed by atoms with Crippen molar-refractivity contribution in [2.45, 2.75) is 70.5 Å². The third-order valence-corrected chi connectivity index (χ3v) is 4.70. The van der Waals surface area contributed by atoms with Crippen molar-refractivity contribution in [1.29, 1.82) is 0 Å². The number of hydrogen-bond acceptors (Lipinski definition) is 4. The summed E-state index contributed by atoms with van der Waals surface area (Å²) in [6.07, 6.45) is -9.14. The molecule has 0 heterocycles. The molecule has 0 saturated heterocycles. The Morgan fingerprint density at radius 2 is 1.66 bits per heavy atom. The van der Waals surface area contributed by atoms with E-state index in [4.69, 9.17) is 4.74 Å². The number of amides is 2. The molecule has 0 spiro atoms. The van der Waals surface area contributed by atoms with Crippen LogP contribution in [-0.2, 0) is 9.53 Å².